The van der Waals surface area contributed by atoms with Crippen LogP contribution in [0.25, 0.3) is 0 Å². The van der Waals surface area contributed by atoms with E-state index in [4.69, 9.17) is 5.73 Å². The summed E-state index contributed by atoms with van der Waals surface area (Å²) < 4.78 is 0. The lowest BCUT2D eigenvalue weighted by Crippen LogP contribution is -2.29. The van der Waals surface area contributed by atoms with Gasteiger partial charge < -0.3 is 5.73 Å². The molecule has 1 saturated carbocycles. The molecule has 88 valence electrons. The Kier molecular flexibility index (Phi) is 2.78. The zero-order valence-corrected chi connectivity index (χ0v) is 10.7. The highest BCUT2D eigenvalue weighted by Crippen LogP contribution is 2.45. The van der Waals surface area contributed by atoms with E-state index in [-0.39, 0.29) is 0 Å². The summed E-state index contributed by atoms with van der Waals surface area (Å²) in [4.78, 5) is 4.29. The van der Waals surface area contributed by atoms with Gasteiger partial charge >= 0.3 is 0 Å². The van der Waals surface area contributed by atoms with E-state index in [1.165, 1.54) is 31.4 Å². The second-order valence-electron chi connectivity index (χ2n) is 5.17. The fourth-order valence-electron chi connectivity index (χ4n) is 3.00. The third-order valence-corrected chi connectivity index (χ3v) is 5.14. The van der Waals surface area contributed by atoms with Crippen molar-refractivity contribution in [2.75, 3.05) is 13.1 Å². The molecule has 0 aromatic carbocycles. The molecule has 3 heteroatoms. The van der Waals surface area contributed by atoms with Gasteiger partial charge in [-0.3, -0.25) is 4.90 Å². The van der Waals surface area contributed by atoms with Crippen LogP contribution in [0.4, 0.5) is 0 Å². The van der Waals surface area contributed by atoms with Crippen molar-refractivity contribution >= 4 is 11.3 Å². The van der Waals surface area contributed by atoms with Gasteiger partial charge in [0.25, 0.3) is 0 Å². The van der Waals surface area contributed by atoms with Crippen molar-refractivity contribution in [2.24, 2.45) is 11.7 Å². The van der Waals surface area contributed by atoms with E-state index < -0.39 is 0 Å². The number of thiophene rings is 1. The quantitative estimate of drug-likeness (QED) is 0.874. The highest BCUT2D eigenvalue weighted by molar-refractivity contribution is 7.10. The third-order valence-electron chi connectivity index (χ3n) is 4.05. The maximum atomic E-state index is 5.94. The number of rotatable bonds is 3. The molecule has 1 aliphatic carbocycles. The Balaban J connectivity index is 1.90. The summed E-state index contributed by atoms with van der Waals surface area (Å²) in [5.41, 5.74) is 7.40. The van der Waals surface area contributed by atoms with E-state index in [2.05, 4.69) is 23.3 Å². The monoisotopic (exact) mass is 236 g/mol. The average Bonchev–Trinajstić information content (AvgIpc) is 2.91. The van der Waals surface area contributed by atoms with Gasteiger partial charge in [0.1, 0.15) is 0 Å². The Labute approximate surface area is 101 Å². The lowest BCUT2D eigenvalue weighted by molar-refractivity contribution is 0.223. The Morgan fingerprint density at radius 3 is 2.81 bits per heavy atom. The molecule has 0 amide bonds. The molecule has 2 nitrogen and oxygen atoms in total. The Morgan fingerprint density at radius 1 is 1.44 bits per heavy atom. The second kappa shape index (κ2) is 4.13. The van der Waals surface area contributed by atoms with Crippen molar-refractivity contribution in [1.29, 1.82) is 0 Å². The van der Waals surface area contributed by atoms with Crippen LogP contribution in [0.1, 0.15) is 35.7 Å². The SMILES string of the molecule is Cc1ccsc1C1C(CN)CCN1C1CC1. The van der Waals surface area contributed by atoms with Gasteiger partial charge in [-0.05, 0) is 62.2 Å². The minimum Gasteiger partial charge on any atom is -0.330 e. The van der Waals surface area contributed by atoms with Crippen LogP contribution in [0.3, 0.4) is 0 Å². The van der Waals surface area contributed by atoms with Crippen LogP contribution in [0.2, 0.25) is 0 Å². The molecule has 1 saturated heterocycles. The molecule has 2 atom stereocenters. The van der Waals surface area contributed by atoms with Crippen molar-refractivity contribution in [3.8, 4) is 0 Å². The van der Waals surface area contributed by atoms with Crippen LogP contribution < -0.4 is 5.73 Å². The molecule has 2 fully saturated rings. The Bertz CT molecular complexity index is 370. The molecule has 1 aromatic rings. The van der Waals surface area contributed by atoms with Gasteiger partial charge in [-0.25, -0.2) is 0 Å². The molecule has 0 radical (unpaired) electrons. The van der Waals surface area contributed by atoms with Gasteiger partial charge in [0.15, 0.2) is 0 Å². The van der Waals surface area contributed by atoms with Crippen molar-refractivity contribution in [2.45, 2.75) is 38.3 Å². The third kappa shape index (κ3) is 1.71. The molecule has 2 aliphatic rings. The van der Waals surface area contributed by atoms with E-state index in [9.17, 15) is 0 Å². The van der Waals surface area contributed by atoms with Gasteiger partial charge in [0.05, 0.1) is 0 Å². The van der Waals surface area contributed by atoms with E-state index in [1.54, 1.807) is 4.88 Å². The molecule has 3 rings (SSSR count). The highest BCUT2D eigenvalue weighted by Gasteiger charge is 2.42. The highest BCUT2D eigenvalue weighted by atomic mass is 32.1. The van der Waals surface area contributed by atoms with Crippen molar-refractivity contribution in [3.63, 3.8) is 0 Å². The van der Waals surface area contributed by atoms with Crippen molar-refractivity contribution in [3.05, 3.63) is 21.9 Å². The Hall–Kier alpha value is -0.380. The zero-order valence-electron chi connectivity index (χ0n) is 9.86. The summed E-state index contributed by atoms with van der Waals surface area (Å²) in [6.07, 6.45) is 4.09. The summed E-state index contributed by atoms with van der Waals surface area (Å²) in [5, 5.41) is 2.22. The number of hydrogen-bond acceptors (Lipinski definition) is 3. The van der Waals surface area contributed by atoms with E-state index in [0.29, 0.717) is 12.0 Å². The minimum absolute atomic E-state index is 0.623. The molecule has 2 unspecified atom stereocenters. The maximum Gasteiger partial charge on any atom is 0.0487 e. The van der Waals surface area contributed by atoms with Crippen LogP contribution >= 0.6 is 11.3 Å². The standard InChI is InChI=1S/C13H20N2S/c1-9-5-7-16-13(9)12-10(8-14)4-6-15(12)11-2-3-11/h5,7,10-12H,2-4,6,8,14H2,1H3. The zero-order chi connectivity index (χ0) is 11.1. The minimum atomic E-state index is 0.623. The summed E-state index contributed by atoms with van der Waals surface area (Å²) in [6, 6.07) is 3.73. The first kappa shape index (κ1) is 10.8. The van der Waals surface area contributed by atoms with Gasteiger partial charge in [0.2, 0.25) is 0 Å². The Morgan fingerprint density at radius 2 is 2.25 bits per heavy atom. The van der Waals surface area contributed by atoms with Crippen molar-refractivity contribution < 1.29 is 0 Å². The fraction of sp³-hybridized carbons (Fsp3) is 0.692. The van der Waals surface area contributed by atoms with E-state index in [0.717, 1.165) is 12.6 Å². The number of aryl methyl sites for hydroxylation is 1. The molecule has 1 aromatic heterocycles. The largest absolute Gasteiger partial charge is 0.330 e. The van der Waals surface area contributed by atoms with Crippen LogP contribution in [-0.4, -0.2) is 24.0 Å². The second-order valence-corrected chi connectivity index (χ2v) is 6.11. The number of nitrogens with two attached hydrogens (primary N) is 1. The molecule has 16 heavy (non-hydrogen) atoms. The molecule has 2 N–H and O–H groups in total. The molecular weight excluding hydrogens is 216 g/mol. The lowest BCUT2D eigenvalue weighted by atomic mass is 9.97. The van der Waals surface area contributed by atoms with Gasteiger partial charge in [-0.15, -0.1) is 11.3 Å². The molecule has 2 heterocycles. The van der Waals surface area contributed by atoms with E-state index in [1.807, 2.05) is 11.3 Å². The van der Waals surface area contributed by atoms with E-state index >= 15 is 0 Å². The first-order valence-electron chi connectivity index (χ1n) is 6.31. The fourth-order valence-corrected chi connectivity index (χ4v) is 4.14. The lowest BCUT2D eigenvalue weighted by Gasteiger charge is -2.27. The van der Waals surface area contributed by atoms with Crippen LogP contribution in [0.15, 0.2) is 11.4 Å². The summed E-state index contributed by atoms with van der Waals surface area (Å²) in [7, 11) is 0. The normalized spacial score (nSPS) is 31.1. The predicted molar refractivity (Wildman–Crippen MR) is 68.7 cm³/mol. The number of likely N-dealkylation sites (tertiary alicyclic amines) is 1. The van der Waals surface area contributed by atoms with Gasteiger partial charge in [0, 0.05) is 17.0 Å². The molecular formula is C13H20N2S. The first-order valence-corrected chi connectivity index (χ1v) is 7.19. The van der Waals surface area contributed by atoms with Crippen LogP contribution in [-0.2, 0) is 0 Å². The smallest absolute Gasteiger partial charge is 0.0487 e. The summed E-state index contributed by atoms with van der Waals surface area (Å²) >= 11 is 1.92. The van der Waals surface area contributed by atoms with Crippen LogP contribution in [0.5, 0.6) is 0 Å². The number of hydrogen-bond donors (Lipinski definition) is 1. The molecule has 1 aliphatic heterocycles. The van der Waals surface area contributed by atoms with Crippen molar-refractivity contribution in [1.82, 2.24) is 4.90 Å². The predicted octanol–water partition coefficient (Wildman–Crippen LogP) is 2.54. The maximum absolute atomic E-state index is 5.94. The van der Waals surface area contributed by atoms with Gasteiger partial charge in [-0.2, -0.15) is 0 Å². The summed E-state index contributed by atoms with van der Waals surface area (Å²) in [5.74, 6) is 0.679. The van der Waals surface area contributed by atoms with Crippen LogP contribution in [0, 0.1) is 12.8 Å². The average molecular weight is 236 g/mol. The summed E-state index contributed by atoms with van der Waals surface area (Å²) in [6.45, 7) is 4.34. The molecule has 0 bridgehead atoms. The van der Waals surface area contributed by atoms with Gasteiger partial charge in [-0.1, -0.05) is 0 Å². The topological polar surface area (TPSA) is 29.3 Å². The number of nitrogens with zero attached hydrogens (tertiary/aromatic N) is 1. The first-order chi connectivity index (χ1) is 7.81. The molecule has 0 spiro atoms.